The van der Waals surface area contributed by atoms with Crippen LogP contribution in [0.25, 0.3) is 0 Å². The topological polar surface area (TPSA) is 160 Å². The van der Waals surface area contributed by atoms with Crippen LogP contribution in [0.1, 0.15) is 17.5 Å². The lowest BCUT2D eigenvalue weighted by molar-refractivity contribution is 0.127. The summed E-state index contributed by atoms with van der Waals surface area (Å²) in [6, 6.07) is 8.70. The highest BCUT2D eigenvalue weighted by Gasteiger charge is 2.29. The molecule has 0 amide bonds. The van der Waals surface area contributed by atoms with Crippen LogP contribution in [0.4, 0.5) is 0 Å². The Kier molecular flexibility index (Phi) is 6.60. The van der Waals surface area contributed by atoms with Crippen LogP contribution in [-0.4, -0.2) is 41.8 Å². The molecule has 1 aliphatic rings. The standard InChI is InChI=1S/C19H23N3O7S2/c1-13-9-15(27-6-2-7-28-22-19(20)21)11-16(10-13)29-31(25,26)17-4-3-14-5-8-30(23,24)18(14)12-17/h3-4,9-12H,2,5-8H2,1H3,(H4,20,21,22). The molecule has 0 atom stereocenters. The van der Waals surface area contributed by atoms with E-state index >= 15 is 0 Å². The van der Waals surface area contributed by atoms with Gasteiger partial charge in [0.05, 0.1) is 17.3 Å². The molecule has 0 saturated carbocycles. The largest absolute Gasteiger partial charge is 0.493 e. The number of fused-ring (bicyclic) bond motifs is 1. The zero-order valence-corrected chi connectivity index (χ0v) is 18.4. The van der Waals surface area contributed by atoms with Crippen LogP contribution in [0.3, 0.4) is 0 Å². The molecule has 2 aromatic rings. The molecule has 0 aromatic heterocycles. The summed E-state index contributed by atoms with van der Waals surface area (Å²) in [5.74, 6) is 0.254. The second-order valence-corrected chi connectivity index (χ2v) is 10.5. The number of aryl methyl sites for hydroxylation is 2. The van der Waals surface area contributed by atoms with E-state index in [4.69, 9.17) is 25.2 Å². The van der Waals surface area contributed by atoms with Crippen molar-refractivity contribution in [2.24, 2.45) is 16.6 Å². The Labute approximate surface area is 180 Å². The van der Waals surface area contributed by atoms with E-state index in [1.54, 1.807) is 13.0 Å². The van der Waals surface area contributed by atoms with E-state index in [-0.39, 0.29) is 40.5 Å². The van der Waals surface area contributed by atoms with E-state index in [1.165, 1.54) is 24.3 Å². The third-order valence-corrected chi connectivity index (χ3v) is 7.39. The number of ether oxygens (including phenoxy) is 1. The Bertz CT molecular complexity index is 1210. The summed E-state index contributed by atoms with van der Waals surface area (Å²) in [4.78, 5) is 4.66. The van der Waals surface area contributed by atoms with E-state index in [1.807, 2.05) is 0 Å². The third kappa shape index (κ3) is 5.79. The van der Waals surface area contributed by atoms with Crippen molar-refractivity contribution in [3.63, 3.8) is 0 Å². The maximum atomic E-state index is 12.7. The average Bonchev–Trinajstić information content (AvgIpc) is 2.98. The first kappa shape index (κ1) is 22.7. The third-order valence-electron chi connectivity index (χ3n) is 4.35. The number of nitrogens with two attached hydrogens (primary N) is 2. The molecule has 12 heteroatoms. The molecule has 1 aliphatic heterocycles. The molecule has 1 heterocycles. The second kappa shape index (κ2) is 9.02. The zero-order valence-electron chi connectivity index (χ0n) is 16.8. The highest BCUT2D eigenvalue weighted by atomic mass is 32.2. The number of benzene rings is 2. The quantitative estimate of drug-likeness (QED) is 0.180. The van der Waals surface area contributed by atoms with Crippen LogP contribution in [0.5, 0.6) is 11.5 Å². The molecule has 0 aliphatic carbocycles. The molecule has 0 saturated heterocycles. The van der Waals surface area contributed by atoms with E-state index in [2.05, 4.69) is 5.16 Å². The minimum absolute atomic E-state index is 0.0255. The van der Waals surface area contributed by atoms with E-state index < -0.39 is 20.0 Å². The molecule has 0 radical (unpaired) electrons. The highest BCUT2D eigenvalue weighted by molar-refractivity contribution is 7.91. The molecular weight excluding hydrogens is 446 g/mol. The van der Waals surface area contributed by atoms with Gasteiger partial charge in [0.25, 0.3) is 0 Å². The van der Waals surface area contributed by atoms with E-state index in [0.717, 1.165) is 11.6 Å². The summed E-state index contributed by atoms with van der Waals surface area (Å²) in [6.45, 7) is 2.27. The first-order valence-corrected chi connectivity index (χ1v) is 12.4. The molecule has 0 bridgehead atoms. The molecule has 168 valence electrons. The van der Waals surface area contributed by atoms with Gasteiger partial charge in [-0.15, -0.1) is 0 Å². The number of rotatable bonds is 9. The summed E-state index contributed by atoms with van der Waals surface area (Å²) >= 11 is 0. The van der Waals surface area contributed by atoms with Crippen molar-refractivity contribution < 1.29 is 30.6 Å². The minimum Gasteiger partial charge on any atom is -0.493 e. The molecule has 31 heavy (non-hydrogen) atoms. The van der Waals surface area contributed by atoms with Crippen molar-refractivity contribution in [1.82, 2.24) is 0 Å². The van der Waals surface area contributed by atoms with Gasteiger partial charge in [-0.3, -0.25) is 0 Å². The summed E-state index contributed by atoms with van der Waals surface area (Å²) < 4.78 is 60.5. The molecule has 0 spiro atoms. The van der Waals surface area contributed by atoms with Crippen molar-refractivity contribution in [3.8, 4) is 11.5 Å². The first-order chi connectivity index (χ1) is 14.6. The second-order valence-electron chi connectivity index (χ2n) is 6.91. The maximum Gasteiger partial charge on any atom is 0.339 e. The smallest absolute Gasteiger partial charge is 0.339 e. The predicted octanol–water partition coefficient (Wildman–Crippen LogP) is 1.07. The van der Waals surface area contributed by atoms with Gasteiger partial charge < -0.3 is 25.2 Å². The molecule has 0 unspecified atom stereocenters. The number of sulfone groups is 1. The van der Waals surface area contributed by atoms with Crippen LogP contribution in [0.15, 0.2) is 51.3 Å². The van der Waals surface area contributed by atoms with Crippen LogP contribution in [-0.2, 0) is 31.2 Å². The monoisotopic (exact) mass is 469 g/mol. The van der Waals surface area contributed by atoms with Crippen molar-refractivity contribution in [2.45, 2.75) is 29.6 Å². The average molecular weight is 470 g/mol. The molecule has 3 rings (SSSR count). The molecule has 2 aromatic carbocycles. The van der Waals surface area contributed by atoms with E-state index in [9.17, 15) is 16.8 Å². The van der Waals surface area contributed by atoms with Gasteiger partial charge in [0.2, 0.25) is 5.96 Å². The van der Waals surface area contributed by atoms with Crippen molar-refractivity contribution in [1.29, 1.82) is 0 Å². The summed E-state index contributed by atoms with van der Waals surface area (Å²) in [5.41, 5.74) is 11.6. The van der Waals surface area contributed by atoms with Gasteiger partial charge in [-0.05, 0) is 53.9 Å². The van der Waals surface area contributed by atoms with Gasteiger partial charge in [0, 0.05) is 12.5 Å². The molecule has 10 nitrogen and oxygen atoms in total. The fourth-order valence-electron chi connectivity index (χ4n) is 2.99. The fourth-order valence-corrected chi connectivity index (χ4v) is 5.60. The van der Waals surface area contributed by atoms with Gasteiger partial charge >= 0.3 is 10.1 Å². The first-order valence-electron chi connectivity index (χ1n) is 9.32. The zero-order chi connectivity index (χ0) is 22.6. The number of oxime groups is 1. The Morgan fingerprint density at radius 1 is 1.10 bits per heavy atom. The van der Waals surface area contributed by atoms with Crippen LogP contribution in [0, 0.1) is 6.92 Å². The Morgan fingerprint density at radius 2 is 1.84 bits per heavy atom. The summed E-state index contributed by atoms with van der Waals surface area (Å²) in [7, 11) is -7.71. The van der Waals surface area contributed by atoms with E-state index in [0.29, 0.717) is 24.2 Å². The summed E-state index contributed by atoms with van der Waals surface area (Å²) in [5, 5.41) is 3.39. The number of guanidine groups is 1. The number of hydrogen-bond acceptors (Lipinski definition) is 8. The molecular formula is C19H23N3O7S2. The Morgan fingerprint density at radius 3 is 2.58 bits per heavy atom. The van der Waals surface area contributed by atoms with Crippen LogP contribution < -0.4 is 20.4 Å². The molecule has 4 N–H and O–H groups in total. The van der Waals surface area contributed by atoms with Crippen LogP contribution in [0.2, 0.25) is 0 Å². The van der Waals surface area contributed by atoms with Gasteiger partial charge in [0.1, 0.15) is 23.0 Å². The van der Waals surface area contributed by atoms with Gasteiger partial charge in [0.15, 0.2) is 9.84 Å². The highest BCUT2D eigenvalue weighted by Crippen LogP contribution is 2.30. The lowest BCUT2D eigenvalue weighted by Crippen LogP contribution is -2.23. The van der Waals surface area contributed by atoms with Gasteiger partial charge in [-0.1, -0.05) is 6.07 Å². The lowest BCUT2D eigenvalue weighted by Gasteiger charge is -2.12. The van der Waals surface area contributed by atoms with Crippen molar-refractivity contribution in [2.75, 3.05) is 19.0 Å². The van der Waals surface area contributed by atoms with Crippen molar-refractivity contribution in [3.05, 3.63) is 47.5 Å². The minimum atomic E-state index is -4.24. The lowest BCUT2D eigenvalue weighted by atomic mass is 10.2. The SMILES string of the molecule is Cc1cc(OCCCON=C(N)N)cc(OS(=O)(=O)c2ccc3c(c2)S(=O)(=O)CC3)c1. The normalized spacial score (nSPS) is 14.5. The van der Waals surface area contributed by atoms with Crippen LogP contribution >= 0.6 is 0 Å². The Balaban J connectivity index is 1.70. The van der Waals surface area contributed by atoms with Gasteiger partial charge in [-0.25, -0.2) is 8.42 Å². The molecule has 0 fully saturated rings. The summed E-state index contributed by atoms with van der Waals surface area (Å²) in [6.07, 6.45) is 0.858. The maximum absolute atomic E-state index is 12.7. The number of hydrogen-bond donors (Lipinski definition) is 2. The number of nitrogens with zero attached hydrogens (tertiary/aromatic N) is 1. The Hall–Kier alpha value is -2.99. The predicted molar refractivity (Wildman–Crippen MR) is 113 cm³/mol. The fraction of sp³-hybridized carbons (Fsp3) is 0.316. The van der Waals surface area contributed by atoms with Crippen molar-refractivity contribution >= 4 is 25.9 Å². The van der Waals surface area contributed by atoms with Gasteiger partial charge in [-0.2, -0.15) is 8.42 Å².